The number of carbonyl (C=O) groups is 1. The van der Waals surface area contributed by atoms with E-state index in [9.17, 15) is 23.7 Å². The van der Waals surface area contributed by atoms with E-state index in [1.54, 1.807) is 6.07 Å². The van der Waals surface area contributed by atoms with Gasteiger partial charge in [-0.05, 0) is 46.7 Å². The first-order chi connectivity index (χ1) is 14.9. The molecule has 1 aliphatic heterocycles. The summed E-state index contributed by atoms with van der Waals surface area (Å²) in [5.74, 6) is -1.34. The highest BCUT2D eigenvalue weighted by Crippen LogP contribution is 2.37. The minimum absolute atomic E-state index is 0.0354. The number of halogens is 2. The Kier molecular flexibility index (Phi) is 5.24. The largest absolute Gasteiger partial charge is 0.497 e. The second kappa shape index (κ2) is 8.01. The zero-order valence-electron chi connectivity index (χ0n) is 16.3. The number of aromatic amines is 1. The molecule has 1 aliphatic rings. The first-order valence-electron chi connectivity index (χ1n) is 9.27. The van der Waals surface area contributed by atoms with Gasteiger partial charge in [0.25, 0.3) is 0 Å². The highest BCUT2D eigenvalue weighted by Gasteiger charge is 2.29. The number of carbonyl (C=O) groups excluding carboxylic acids is 1. The van der Waals surface area contributed by atoms with Crippen LogP contribution < -0.4 is 15.0 Å². The molecule has 2 heterocycles. The van der Waals surface area contributed by atoms with Gasteiger partial charge in [-0.1, -0.05) is 0 Å². The van der Waals surface area contributed by atoms with Crippen LogP contribution in [0.2, 0.25) is 0 Å². The number of amides is 2. The molecule has 0 radical (unpaired) electrons. The van der Waals surface area contributed by atoms with Gasteiger partial charge in [-0.25, -0.2) is 13.6 Å². The molecule has 3 aromatic rings. The van der Waals surface area contributed by atoms with Crippen molar-refractivity contribution < 1.29 is 23.2 Å². The van der Waals surface area contributed by atoms with E-state index in [0.29, 0.717) is 35.5 Å². The fourth-order valence-corrected chi connectivity index (χ4v) is 3.56. The summed E-state index contributed by atoms with van der Waals surface area (Å²) in [5, 5.41) is 19.7. The topological polar surface area (TPSA) is 113 Å². The minimum atomic E-state index is -0.710. The molecule has 0 saturated carbocycles. The molecule has 2 amide bonds. The lowest BCUT2D eigenvalue weighted by Gasteiger charge is -2.19. The first kappa shape index (κ1) is 20.3. The van der Waals surface area contributed by atoms with E-state index in [1.807, 2.05) is 0 Å². The van der Waals surface area contributed by atoms with E-state index in [4.69, 9.17) is 4.74 Å². The van der Waals surface area contributed by atoms with Crippen LogP contribution in [0.25, 0.3) is 11.1 Å². The van der Waals surface area contributed by atoms with Gasteiger partial charge < -0.3 is 20.2 Å². The summed E-state index contributed by atoms with van der Waals surface area (Å²) in [7, 11) is 1.42. The Morgan fingerprint density at radius 3 is 2.84 bits per heavy atom. The second-order valence-electron chi connectivity index (χ2n) is 6.90. The van der Waals surface area contributed by atoms with Crippen LogP contribution in [-0.2, 0) is 13.0 Å². The van der Waals surface area contributed by atoms with E-state index >= 15 is 0 Å². The van der Waals surface area contributed by atoms with E-state index in [-0.39, 0.29) is 17.7 Å². The van der Waals surface area contributed by atoms with Gasteiger partial charge in [0.1, 0.15) is 22.9 Å². The smallest absolute Gasteiger partial charge is 0.397 e. The maximum absolute atomic E-state index is 14.8. The second-order valence-corrected chi connectivity index (χ2v) is 6.90. The van der Waals surface area contributed by atoms with Crippen LogP contribution in [0.3, 0.4) is 0 Å². The lowest BCUT2D eigenvalue weighted by atomic mass is 10.0. The van der Waals surface area contributed by atoms with Crippen LogP contribution in [-0.4, -0.2) is 34.8 Å². The van der Waals surface area contributed by atoms with Crippen molar-refractivity contribution in [3.63, 3.8) is 0 Å². The first-order valence-corrected chi connectivity index (χ1v) is 9.27. The molecule has 11 heteroatoms. The number of anilines is 1. The summed E-state index contributed by atoms with van der Waals surface area (Å²) in [5.41, 5.74) is 1.64. The Balaban J connectivity index is 1.54. The number of nitro groups is 1. The summed E-state index contributed by atoms with van der Waals surface area (Å²) >= 11 is 0. The maximum atomic E-state index is 14.8. The number of aromatic nitrogens is 2. The van der Waals surface area contributed by atoms with E-state index in [1.165, 1.54) is 42.5 Å². The summed E-state index contributed by atoms with van der Waals surface area (Å²) in [6.45, 7) is 0.366. The van der Waals surface area contributed by atoms with Gasteiger partial charge in [0.15, 0.2) is 0 Å². The van der Waals surface area contributed by atoms with Gasteiger partial charge >= 0.3 is 11.8 Å². The fraction of sp³-hybridized carbons (Fsp3) is 0.200. The number of methoxy groups -OCH3 is 1. The van der Waals surface area contributed by atoms with Crippen molar-refractivity contribution in [3.05, 3.63) is 69.4 Å². The van der Waals surface area contributed by atoms with Crippen LogP contribution in [0, 0.1) is 21.7 Å². The zero-order valence-corrected chi connectivity index (χ0v) is 16.3. The van der Waals surface area contributed by atoms with Crippen molar-refractivity contribution in [2.75, 3.05) is 18.6 Å². The number of hydrogen-bond donors (Lipinski definition) is 2. The molecule has 0 unspecified atom stereocenters. The van der Waals surface area contributed by atoms with Crippen LogP contribution >= 0.6 is 0 Å². The monoisotopic (exact) mass is 429 g/mol. The average molecular weight is 429 g/mol. The Morgan fingerprint density at radius 2 is 2.10 bits per heavy atom. The number of H-pyrrole nitrogens is 1. The Labute approximate surface area is 174 Å². The quantitative estimate of drug-likeness (QED) is 0.476. The Bertz CT molecular complexity index is 1180. The molecule has 0 bridgehead atoms. The predicted molar refractivity (Wildman–Crippen MR) is 107 cm³/mol. The number of ether oxygens (including phenoxy) is 1. The minimum Gasteiger partial charge on any atom is -0.497 e. The lowest BCUT2D eigenvalue weighted by Crippen LogP contribution is -2.38. The van der Waals surface area contributed by atoms with Gasteiger partial charge in [0.05, 0.1) is 24.1 Å². The molecular weight excluding hydrogens is 412 g/mol. The van der Waals surface area contributed by atoms with Gasteiger partial charge in [-0.2, -0.15) is 5.10 Å². The summed E-state index contributed by atoms with van der Waals surface area (Å²) in [6.07, 6.45) is 1.71. The molecule has 2 aromatic carbocycles. The third kappa shape index (κ3) is 3.89. The molecule has 0 saturated heterocycles. The van der Waals surface area contributed by atoms with Crippen molar-refractivity contribution in [1.29, 1.82) is 0 Å². The average Bonchev–Trinajstić information content (AvgIpc) is 3.38. The van der Waals surface area contributed by atoms with Crippen molar-refractivity contribution in [2.45, 2.75) is 13.0 Å². The third-order valence-electron chi connectivity index (χ3n) is 5.00. The molecule has 1 aromatic heterocycles. The van der Waals surface area contributed by atoms with Crippen molar-refractivity contribution in [3.8, 4) is 16.9 Å². The molecule has 0 spiro atoms. The number of fused-ring (bicyclic) bond motifs is 1. The number of nitrogens with one attached hydrogen (secondary N) is 2. The number of benzene rings is 2. The molecule has 9 nitrogen and oxygen atoms in total. The highest BCUT2D eigenvalue weighted by atomic mass is 19.1. The Morgan fingerprint density at radius 1 is 1.29 bits per heavy atom. The van der Waals surface area contributed by atoms with Crippen molar-refractivity contribution >= 4 is 17.5 Å². The van der Waals surface area contributed by atoms with Gasteiger partial charge in [0, 0.05) is 24.7 Å². The third-order valence-corrected chi connectivity index (χ3v) is 5.00. The van der Waals surface area contributed by atoms with Gasteiger partial charge in [-0.15, -0.1) is 0 Å². The number of nitrogens with zero attached hydrogens (tertiary/aromatic N) is 3. The van der Waals surface area contributed by atoms with Crippen LogP contribution in [0.1, 0.15) is 11.1 Å². The van der Waals surface area contributed by atoms with Crippen LogP contribution in [0.15, 0.2) is 36.5 Å². The van der Waals surface area contributed by atoms with E-state index in [2.05, 4.69) is 15.5 Å². The standard InChI is InChI=1S/C20H17F2N5O4/c1-31-14-5-11(4-13(21)7-14)9-23-20(28)26-3-2-12-6-15(17(22)8-18(12)26)16-10-24-25-19(16)27(29)30/h4-8,10H,2-3,9H2,1H3,(H,23,28)(H,24,25). The molecule has 31 heavy (non-hydrogen) atoms. The lowest BCUT2D eigenvalue weighted by molar-refractivity contribution is -0.388. The molecule has 0 aliphatic carbocycles. The maximum Gasteiger partial charge on any atom is 0.397 e. The summed E-state index contributed by atoms with van der Waals surface area (Å²) in [6, 6.07) is 6.32. The number of hydrogen-bond acceptors (Lipinski definition) is 5. The molecular formula is C20H17F2N5O4. The van der Waals surface area contributed by atoms with Crippen LogP contribution in [0.4, 0.5) is 25.1 Å². The SMILES string of the molecule is COc1cc(F)cc(CNC(=O)N2CCc3cc(-c4c[nH]nc4[N+](=O)[O-])c(F)cc32)c1. The summed E-state index contributed by atoms with van der Waals surface area (Å²) < 4.78 is 33.4. The Hall–Kier alpha value is -4.02. The number of rotatable bonds is 5. The van der Waals surface area contributed by atoms with Crippen molar-refractivity contribution in [1.82, 2.24) is 15.5 Å². The molecule has 4 rings (SSSR count). The van der Waals surface area contributed by atoms with Crippen molar-refractivity contribution in [2.24, 2.45) is 0 Å². The van der Waals surface area contributed by atoms with E-state index in [0.717, 1.165) is 0 Å². The molecule has 0 atom stereocenters. The van der Waals surface area contributed by atoms with Gasteiger partial charge in [0.2, 0.25) is 0 Å². The normalized spacial score (nSPS) is 12.5. The van der Waals surface area contributed by atoms with Crippen LogP contribution in [0.5, 0.6) is 5.75 Å². The summed E-state index contributed by atoms with van der Waals surface area (Å²) in [4.78, 5) is 24.4. The highest BCUT2D eigenvalue weighted by molar-refractivity contribution is 5.95. The molecule has 2 N–H and O–H groups in total. The fourth-order valence-electron chi connectivity index (χ4n) is 3.56. The van der Waals surface area contributed by atoms with Gasteiger partial charge in [-0.3, -0.25) is 4.90 Å². The predicted octanol–water partition coefficient (Wildman–Crippen LogP) is 3.54. The van der Waals surface area contributed by atoms with E-state index < -0.39 is 28.4 Å². The molecule has 160 valence electrons. The molecule has 0 fully saturated rings. The number of urea groups is 1. The zero-order chi connectivity index (χ0) is 22.1.